The summed E-state index contributed by atoms with van der Waals surface area (Å²) in [6.07, 6.45) is -1.02. The van der Waals surface area contributed by atoms with Crippen LogP contribution in [-0.4, -0.2) is 18.0 Å². The second kappa shape index (κ2) is 8.34. The van der Waals surface area contributed by atoms with E-state index in [1.165, 1.54) is 6.92 Å². The van der Waals surface area contributed by atoms with Gasteiger partial charge in [0.15, 0.2) is 6.10 Å². The van der Waals surface area contributed by atoms with Crippen molar-refractivity contribution in [3.63, 3.8) is 0 Å². The Kier molecular flexibility index (Phi) is 5.62. The fourth-order valence-corrected chi connectivity index (χ4v) is 3.90. The van der Waals surface area contributed by atoms with Gasteiger partial charge in [-0.25, -0.2) is 4.79 Å². The molecule has 0 aliphatic carbocycles. The Hall–Kier alpha value is -3.08. The fraction of sp³-hybridized carbons (Fsp3) is 0.0833. The number of hydrogen-bond acceptors (Lipinski definition) is 3. The maximum Gasteiger partial charge on any atom is 0.340 e. The highest BCUT2D eigenvalue weighted by Crippen LogP contribution is 2.29. The number of amides is 1. The summed E-state index contributed by atoms with van der Waals surface area (Å²) < 4.78 is 5.53. The molecule has 0 bridgehead atoms. The second-order valence-electron chi connectivity index (χ2n) is 6.89. The number of ether oxygens (including phenoxy) is 1. The van der Waals surface area contributed by atoms with Gasteiger partial charge in [0, 0.05) is 15.7 Å². The molecule has 4 nitrogen and oxygen atoms in total. The SMILES string of the molecule is CC(OC(=O)c1c2ccccc2cc2ccccc12)C(=O)Nc1cc(Cl)cc(Cl)c1. The van der Waals surface area contributed by atoms with Gasteiger partial charge in [0.2, 0.25) is 0 Å². The minimum atomic E-state index is -1.02. The lowest BCUT2D eigenvalue weighted by atomic mass is 9.97. The zero-order valence-corrected chi connectivity index (χ0v) is 17.5. The molecule has 0 saturated carbocycles. The van der Waals surface area contributed by atoms with Crippen molar-refractivity contribution in [2.24, 2.45) is 0 Å². The summed E-state index contributed by atoms with van der Waals surface area (Å²) in [5.41, 5.74) is 0.866. The first-order chi connectivity index (χ1) is 14.4. The third kappa shape index (κ3) is 4.11. The summed E-state index contributed by atoms with van der Waals surface area (Å²) >= 11 is 11.9. The monoisotopic (exact) mass is 437 g/mol. The molecule has 150 valence electrons. The number of hydrogen-bond donors (Lipinski definition) is 1. The summed E-state index contributed by atoms with van der Waals surface area (Å²) in [6, 6.07) is 21.9. The van der Waals surface area contributed by atoms with Crippen LogP contribution in [0.5, 0.6) is 0 Å². The maximum absolute atomic E-state index is 13.1. The highest BCUT2D eigenvalue weighted by atomic mass is 35.5. The summed E-state index contributed by atoms with van der Waals surface area (Å²) in [7, 11) is 0. The first kappa shape index (κ1) is 20.2. The van der Waals surface area contributed by atoms with Gasteiger partial charge in [0.05, 0.1) is 5.56 Å². The van der Waals surface area contributed by atoms with Gasteiger partial charge in [-0.2, -0.15) is 0 Å². The highest BCUT2D eigenvalue weighted by Gasteiger charge is 2.22. The molecule has 4 rings (SSSR count). The lowest BCUT2D eigenvalue weighted by Crippen LogP contribution is -2.30. The lowest BCUT2D eigenvalue weighted by Gasteiger charge is -2.16. The molecular formula is C24H17Cl2NO3. The van der Waals surface area contributed by atoms with E-state index in [9.17, 15) is 9.59 Å². The van der Waals surface area contributed by atoms with Gasteiger partial charge in [0.25, 0.3) is 5.91 Å². The van der Waals surface area contributed by atoms with Gasteiger partial charge in [0.1, 0.15) is 0 Å². The van der Waals surface area contributed by atoms with Crippen LogP contribution in [0.2, 0.25) is 10.0 Å². The number of carbonyl (C=O) groups excluding carboxylic acids is 2. The minimum absolute atomic E-state index is 0.393. The van der Waals surface area contributed by atoms with E-state index in [1.54, 1.807) is 18.2 Å². The fourth-order valence-electron chi connectivity index (χ4n) is 3.38. The highest BCUT2D eigenvalue weighted by molar-refractivity contribution is 6.35. The van der Waals surface area contributed by atoms with Crippen LogP contribution in [0, 0.1) is 0 Å². The van der Waals surface area contributed by atoms with Crippen LogP contribution in [0.15, 0.2) is 72.8 Å². The van der Waals surface area contributed by atoms with E-state index in [0.29, 0.717) is 21.3 Å². The second-order valence-corrected chi connectivity index (χ2v) is 7.76. The Morgan fingerprint density at radius 2 is 1.37 bits per heavy atom. The number of benzene rings is 4. The first-order valence-corrected chi connectivity index (χ1v) is 10.1. The van der Waals surface area contributed by atoms with Crippen molar-refractivity contribution in [3.05, 3.63) is 88.4 Å². The third-order valence-corrected chi connectivity index (χ3v) is 5.19. The Morgan fingerprint density at radius 3 is 1.93 bits per heavy atom. The number of carbonyl (C=O) groups is 2. The molecule has 0 heterocycles. The topological polar surface area (TPSA) is 55.4 Å². The average molecular weight is 438 g/mol. The van der Waals surface area contributed by atoms with Gasteiger partial charge in [-0.15, -0.1) is 0 Å². The van der Waals surface area contributed by atoms with E-state index < -0.39 is 18.0 Å². The smallest absolute Gasteiger partial charge is 0.340 e. The van der Waals surface area contributed by atoms with Crippen molar-refractivity contribution in [2.75, 3.05) is 5.32 Å². The molecule has 0 aromatic heterocycles. The predicted octanol–water partition coefficient (Wildman–Crippen LogP) is 6.48. The van der Waals surface area contributed by atoms with Crippen molar-refractivity contribution in [3.8, 4) is 0 Å². The molecule has 30 heavy (non-hydrogen) atoms. The van der Waals surface area contributed by atoms with Crippen LogP contribution in [0.3, 0.4) is 0 Å². The molecule has 0 radical (unpaired) electrons. The largest absolute Gasteiger partial charge is 0.449 e. The molecule has 1 atom stereocenters. The zero-order valence-electron chi connectivity index (χ0n) is 16.0. The van der Waals surface area contributed by atoms with E-state index >= 15 is 0 Å². The standard InChI is InChI=1S/C24H17Cl2NO3/c1-14(23(28)27-19-12-17(25)11-18(26)13-19)30-24(29)22-20-8-4-2-6-15(20)10-16-7-3-5-9-21(16)22/h2-14H,1H3,(H,27,28). The number of anilines is 1. The molecule has 6 heteroatoms. The molecule has 4 aromatic rings. The van der Waals surface area contributed by atoms with E-state index in [2.05, 4.69) is 5.32 Å². The molecule has 1 amide bonds. The molecule has 1 unspecified atom stereocenters. The molecule has 0 saturated heterocycles. The van der Waals surface area contributed by atoms with Gasteiger partial charge >= 0.3 is 5.97 Å². The minimum Gasteiger partial charge on any atom is -0.449 e. The van der Waals surface area contributed by atoms with E-state index in [1.807, 2.05) is 54.6 Å². The maximum atomic E-state index is 13.1. The van der Waals surface area contributed by atoms with E-state index in [-0.39, 0.29) is 0 Å². The lowest BCUT2D eigenvalue weighted by molar-refractivity contribution is -0.123. The summed E-state index contributed by atoms with van der Waals surface area (Å²) in [4.78, 5) is 25.7. The third-order valence-electron chi connectivity index (χ3n) is 4.76. The molecule has 0 aliphatic rings. The normalized spacial score (nSPS) is 12.0. The number of esters is 1. The van der Waals surface area contributed by atoms with Crippen molar-refractivity contribution in [2.45, 2.75) is 13.0 Å². The van der Waals surface area contributed by atoms with Gasteiger partial charge in [-0.05, 0) is 52.7 Å². The van der Waals surface area contributed by atoms with Crippen LogP contribution in [0.4, 0.5) is 5.69 Å². The summed E-state index contributed by atoms with van der Waals surface area (Å²) in [5, 5.41) is 6.85. The molecule has 0 fully saturated rings. The first-order valence-electron chi connectivity index (χ1n) is 9.31. The Balaban J connectivity index is 1.63. The van der Waals surface area contributed by atoms with Crippen LogP contribution < -0.4 is 5.32 Å². The Labute approximate surface area is 183 Å². The summed E-state index contributed by atoms with van der Waals surface area (Å²) in [6.45, 7) is 1.52. The molecular weight excluding hydrogens is 421 g/mol. The average Bonchev–Trinajstić information content (AvgIpc) is 2.71. The van der Waals surface area contributed by atoms with Crippen molar-refractivity contribution in [1.29, 1.82) is 0 Å². The molecule has 1 N–H and O–H groups in total. The quantitative estimate of drug-likeness (QED) is 0.293. The number of nitrogens with one attached hydrogen (secondary N) is 1. The van der Waals surface area contributed by atoms with Gasteiger partial charge in [-0.1, -0.05) is 71.7 Å². The molecule has 0 spiro atoms. The van der Waals surface area contributed by atoms with E-state index in [4.69, 9.17) is 27.9 Å². The van der Waals surface area contributed by atoms with Crippen LogP contribution in [-0.2, 0) is 9.53 Å². The van der Waals surface area contributed by atoms with Gasteiger partial charge < -0.3 is 10.1 Å². The van der Waals surface area contributed by atoms with Crippen molar-refractivity contribution in [1.82, 2.24) is 0 Å². The van der Waals surface area contributed by atoms with Crippen molar-refractivity contribution < 1.29 is 14.3 Å². The summed E-state index contributed by atoms with van der Waals surface area (Å²) in [5.74, 6) is -1.04. The molecule has 0 aliphatic heterocycles. The zero-order chi connectivity index (χ0) is 21.3. The van der Waals surface area contributed by atoms with Crippen LogP contribution in [0.1, 0.15) is 17.3 Å². The van der Waals surface area contributed by atoms with Crippen LogP contribution in [0.25, 0.3) is 21.5 Å². The van der Waals surface area contributed by atoms with E-state index in [0.717, 1.165) is 21.5 Å². The predicted molar refractivity (Wildman–Crippen MR) is 121 cm³/mol. The van der Waals surface area contributed by atoms with Crippen molar-refractivity contribution >= 4 is 62.3 Å². The Bertz CT molecular complexity index is 1210. The Morgan fingerprint density at radius 1 is 0.833 bits per heavy atom. The number of rotatable bonds is 4. The van der Waals surface area contributed by atoms with Crippen LogP contribution >= 0.6 is 23.2 Å². The van der Waals surface area contributed by atoms with Gasteiger partial charge in [-0.3, -0.25) is 4.79 Å². The number of fused-ring (bicyclic) bond motifs is 2. The molecule has 4 aromatic carbocycles. The number of halogens is 2.